The SMILES string of the molecule is O=Cc1ccc(Br)cc1OCC1OCCO1. The van der Waals surface area contributed by atoms with E-state index in [1.54, 1.807) is 18.2 Å². The third-order valence-corrected chi connectivity index (χ3v) is 2.66. The molecule has 1 aliphatic rings. The molecule has 2 rings (SSSR count). The van der Waals surface area contributed by atoms with E-state index in [1.165, 1.54) is 0 Å². The van der Waals surface area contributed by atoms with Gasteiger partial charge in [0.2, 0.25) is 0 Å². The van der Waals surface area contributed by atoms with E-state index in [9.17, 15) is 4.79 Å². The van der Waals surface area contributed by atoms with Crippen molar-refractivity contribution in [1.29, 1.82) is 0 Å². The zero-order valence-corrected chi connectivity index (χ0v) is 10.1. The molecule has 1 saturated heterocycles. The Bertz CT molecular complexity index is 374. The lowest BCUT2D eigenvalue weighted by Crippen LogP contribution is -2.18. The predicted octanol–water partition coefficient (Wildman–Crippen LogP) is 2.01. The number of aldehydes is 1. The Morgan fingerprint density at radius 3 is 2.88 bits per heavy atom. The third kappa shape index (κ3) is 2.81. The number of halogens is 1. The largest absolute Gasteiger partial charge is 0.488 e. The lowest BCUT2D eigenvalue weighted by Gasteiger charge is -2.12. The van der Waals surface area contributed by atoms with Gasteiger partial charge in [-0.15, -0.1) is 0 Å². The van der Waals surface area contributed by atoms with Crippen molar-refractivity contribution in [3.05, 3.63) is 28.2 Å². The molecule has 0 radical (unpaired) electrons. The van der Waals surface area contributed by atoms with Gasteiger partial charge in [0.25, 0.3) is 0 Å². The van der Waals surface area contributed by atoms with E-state index >= 15 is 0 Å². The molecule has 0 amide bonds. The number of rotatable bonds is 4. The molecule has 1 aromatic carbocycles. The summed E-state index contributed by atoms with van der Waals surface area (Å²) in [4.78, 5) is 10.8. The minimum atomic E-state index is -0.335. The molecule has 1 fully saturated rings. The van der Waals surface area contributed by atoms with Crippen LogP contribution in [0, 0.1) is 0 Å². The molecule has 86 valence electrons. The van der Waals surface area contributed by atoms with Gasteiger partial charge in [-0.2, -0.15) is 0 Å². The summed E-state index contributed by atoms with van der Waals surface area (Å²) in [5, 5.41) is 0. The van der Waals surface area contributed by atoms with Crippen molar-refractivity contribution in [3.63, 3.8) is 0 Å². The Morgan fingerprint density at radius 1 is 1.44 bits per heavy atom. The van der Waals surface area contributed by atoms with E-state index in [-0.39, 0.29) is 12.9 Å². The van der Waals surface area contributed by atoms with Crippen LogP contribution in [0.2, 0.25) is 0 Å². The molecule has 0 saturated carbocycles. The minimum absolute atomic E-state index is 0.289. The highest BCUT2D eigenvalue weighted by Crippen LogP contribution is 2.23. The summed E-state index contributed by atoms with van der Waals surface area (Å²) in [5.41, 5.74) is 0.515. The molecule has 16 heavy (non-hydrogen) atoms. The van der Waals surface area contributed by atoms with Crippen molar-refractivity contribution in [2.24, 2.45) is 0 Å². The molecule has 4 nitrogen and oxygen atoms in total. The molecule has 0 spiro atoms. The molecule has 0 unspecified atom stereocenters. The van der Waals surface area contributed by atoms with Gasteiger partial charge in [0, 0.05) is 4.47 Å². The van der Waals surface area contributed by atoms with Crippen molar-refractivity contribution in [2.75, 3.05) is 19.8 Å². The van der Waals surface area contributed by atoms with E-state index in [2.05, 4.69) is 15.9 Å². The standard InChI is InChI=1S/C11H11BrO4/c12-9-2-1-8(6-13)10(5-9)16-7-11-14-3-4-15-11/h1-2,5-6,11H,3-4,7H2. The van der Waals surface area contributed by atoms with Gasteiger partial charge >= 0.3 is 0 Å². The average Bonchev–Trinajstić information content (AvgIpc) is 2.79. The molecule has 0 aromatic heterocycles. The summed E-state index contributed by atoms with van der Waals surface area (Å²) in [7, 11) is 0. The first kappa shape index (κ1) is 11.6. The fraction of sp³-hybridized carbons (Fsp3) is 0.364. The summed E-state index contributed by atoms with van der Waals surface area (Å²) < 4.78 is 16.8. The summed E-state index contributed by atoms with van der Waals surface area (Å²) >= 11 is 3.32. The maximum atomic E-state index is 10.8. The van der Waals surface area contributed by atoms with Crippen LogP contribution in [0.5, 0.6) is 5.75 Å². The summed E-state index contributed by atoms with van der Waals surface area (Å²) in [6, 6.07) is 5.24. The van der Waals surface area contributed by atoms with Crippen LogP contribution in [-0.4, -0.2) is 32.4 Å². The van der Waals surface area contributed by atoms with Crippen LogP contribution in [0.3, 0.4) is 0 Å². The summed E-state index contributed by atoms with van der Waals surface area (Å²) in [6.07, 6.45) is 0.427. The predicted molar refractivity (Wildman–Crippen MR) is 60.7 cm³/mol. The molecular weight excluding hydrogens is 276 g/mol. The monoisotopic (exact) mass is 286 g/mol. The topological polar surface area (TPSA) is 44.8 Å². The fourth-order valence-corrected chi connectivity index (χ4v) is 1.73. The Morgan fingerprint density at radius 2 is 2.19 bits per heavy atom. The second-order valence-corrected chi connectivity index (χ2v) is 4.20. The Labute approximate surface area is 102 Å². The molecule has 0 atom stereocenters. The molecular formula is C11H11BrO4. The van der Waals surface area contributed by atoms with Crippen LogP contribution in [0.15, 0.2) is 22.7 Å². The summed E-state index contributed by atoms with van der Waals surface area (Å²) in [6.45, 7) is 1.47. The average molecular weight is 287 g/mol. The first-order valence-electron chi connectivity index (χ1n) is 4.90. The van der Waals surface area contributed by atoms with Crippen molar-refractivity contribution in [1.82, 2.24) is 0 Å². The summed E-state index contributed by atoms with van der Waals surface area (Å²) in [5.74, 6) is 0.531. The number of hydrogen-bond donors (Lipinski definition) is 0. The Kier molecular flexibility index (Phi) is 3.93. The van der Waals surface area contributed by atoms with Crippen molar-refractivity contribution in [3.8, 4) is 5.75 Å². The van der Waals surface area contributed by atoms with Crippen LogP contribution in [0.25, 0.3) is 0 Å². The zero-order chi connectivity index (χ0) is 11.4. The molecule has 0 N–H and O–H groups in total. The lowest BCUT2D eigenvalue weighted by molar-refractivity contribution is -0.0684. The van der Waals surface area contributed by atoms with Crippen molar-refractivity contribution in [2.45, 2.75) is 6.29 Å². The Hall–Kier alpha value is -0.910. The second kappa shape index (κ2) is 5.43. The van der Waals surface area contributed by atoms with E-state index in [0.717, 1.165) is 10.8 Å². The minimum Gasteiger partial charge on any atom is -0.488 e. The van der Waals surface area contributed by atoms with E-state index in [1.807, 2.05) is 0 Å². The fourth-order valence-electron chi connectivity index (χ4n) is 1.39. The highest BCUT2D eigenvalue weighted by atomic mass is 79.9. The Balaban J connectivity index is 2.01. The maximum absolute atomic E-state index is 10.8. The maximum Gasteiger partial charge on any atom is 0.191 e. The zero-order valence-electron chi connectivity index (χ0n) is 8.52. The van der Waals surface area contributed by atoms with Gasteiger partial charge < -0.3 is 14.2 Å². The molecule has 1 aliphatic heterocycles. The first-order valence-corrected chi connectivity index (χ1v) is 5.69. The highest BCUT2D eigenvalue weighted by molar-refractivity contribution is 9.10. The number of carbonyl (C=O) groups is 1. The van der Waals surface area contributed by atoms with Crippen LogP contribution < -0.4 is 4.74 Å². The third-order valence-electron chi connectivity index (χ3n) is 2.17. The van der Waals surface area contributed by atoms with Crippen LogP contribution >= 0.6 is 15.9 Å². The number of carbonyl (C=O) groups excluding carboxylic acids is 1. The molecule has 1 aromatic rings. The van der Waals surface area contributed by atoms with Crippen LogP contribution in [0.4, 0.5) is 0 Å². The van der Waals surface area contributed by atoms with Crippen LogP contribution in [0.1, 0.15) is 10.4 Å². The number of ether oxygens (including phenoxy) is 3. The van der Waals surface area contributed by atoms with Crippen molar-refractivity contribution >= 4 is 22.2 Å². The molecule has 0 aliphatic carbocycles. The first-order chi connectivity index (χ1) is 7.79. The van der Waals surface area contributed by atoms with Gasteiger partial charge in [0.15, 0.2) is 12.6 Å². The van der Waals surface area contributed by atoms with E-state index in [0.29, 0.717) is 24.5 Å². The lowest BCUT2D eigenvalue weighted by atomic mass is 10.2. The normalized spacial score (nSPS) is 16.3. The van der Waals surface area contributed by atoms with E-state index < -0.39 is 0 Å². The van der Waals surface area contributed by atoms with Gasteiger partial charge in [-0.1, -0.05) is 15.9 Å². The highest BCUT2D eigenvalue weighted by Gasteiger charge is 2.17. The molecule has 1 heterocycles. The van der Waals surface area contributed by atoms with Crippen molar-refractivity contribution < 1.29 is 19.0 Å². The number of hydrogen-bond acceptors (Lipinski definition) is 4. The second-order valence-electron chi connectivity index (χ2n) is 3.28. The number of benzene rings is 1. The van der Waals surface area contributed by atoms with Crippen LogP contribution in [-0.2, 0) is 9.47 Å². The molecule has 0 bridgehead atoms. The quantitative estimate of drug-likeness (QED) is 0.795. The van der Waals surface area contributed by atoms with Gasteiger partial charge in [-0.05, 0) is 18.2 Å². The smallest absolute Gasteiger partial charge is 0.191 e. The van der Waals surface area contributed by atoms with Gasteiger partial charge in [0.1, 0.15) is 12.4 Å². The van der Waals surface area contributed by atoms with Gasteiger partial charge in [-0.3, -0.25) is 4.79 Å². The van der Waals surface area contributed by atoms with Gasteiger partial charge in [-0.25, -0.2) is 0 Å². The van der Waals surface area contributed by atoms with E-state index in [4.69, 9.17) is 14.2 Å². The van der Waals surface area contributed by atoms with Gasteiger partial charge in [0.05, 0.1) is 18.8 Å². The molecule has 5 heteroatoms.